The van der Waals surface area contributed by atoms with Crippen LogP contribution >= 0.6 is 0 Å². The third-order valence-corrected chi connectivity index (χ3v) is 4.08. The molecule has 1 amide bonds. The predicted molar refractivity (Wildman–Crippen MR) is 84.0 cm³/mol. The first-order valence-corrected chi connectivity index (χ1v) is 7.56. The first kappa shape index (κ1) is 14.9. The number of rotatable bonds is 4. The Balaban J connectivity index is 2.04. The number of nitrogens with one attached hydrogen (secondary N) is 1. The maximum atomic E-state index is 12.2. The van der Waals surface area contributed by atoms with Crippen molar-refractivity contribution >= 4 is 28.4 Å². The molecule has 3 heteroatoms. The summed E-state index contributed by atoms with van der Waals surface area (Å²) in [7, 11) is 0. The van der Waals surface area contributed by atoms with Gasteiger partial charge in [0.2, 0.25) is 0 Å². The van der Waals surface area contributed by atoms with E-state index in [0.717, 1.165) is 16.8 Å². The Labute approximate surface area is 129 Å². The number of hydrogen-bond acceptors (Lipinski definition) is 1. The fraction of sp³-hybridized carbons (Fsp3) is 0.235. The van der Waals surface area contributed by atoms with E-state index in [0.29, 0.717) is 6.42 Å². The van der Waals surface area contributed by atoms with Crippen molar-refractivity contribution in [1.82, 2.24) is 0 Å². The molecule has 2 aromatic carbocycles. The summed E-state index contributed by atoms with van der Waals surface area (Å²) in [5, 5.41) is 2.96. The van der Waals surface area contributed by atoms with Crippen LogP contribution in [0.15, 0.2) is 54.6 Å². The van der Waals surface area contributed by atoms with E-state index in [9.17, 15) is 4.79 Å². The molecule has 0 aromatic heterocycles. The summed E-state index contributed by atoms with van der Waals surface area (Å²) in [6.45, 7) is 4.08. The molecule has 1 atom stereocenters. The topological polar surface area (TPSA) is 29.1 Å². The Morgan fingerprint density at radius 2 is 1.85 bits per heavy atom. The number of carbonyl (C=O) groups is 1. The van der Waals surface area contributed by atoms with Crippen LogP contribution in [-0.2, 0) is 9.00 Å². The molecule has 0 heterocycles. The average molecular weight is 327 g/mol. The van der Waals surface area contributed by atoms with Crippen LogP contribution in [0.2, 0.25) is 0 Å². The minimum atomic E-state index is -0.234. The van der Waals surface area contributed by atoms with Crippen molar-refractivity contribution in [3.63, 3.8) is 0 Å². The summed E-state index contributed by atoms with van der Waals surface area (Å²) in [5.41, 5.74) is 3.15. The zero-order valence-electron chi connectivity index (χ0n) is 11.8. The molecular weight excluding hydrogens is 309 g/mol. The Morgan fingerprint density at radius 3 is 2.50 bits per heavy atom. The van der Waals surface area contributed by atoms with E-state index < -0.39 is 0 Å². The van der Waals surface area contributed by atoms with Crippen molar-refractivity contribution in [1.29, 1.82) is 0 Å². The van der Waals surface area contributed by atoms with Gasteiger partial charge in [0, 0.05) is 0 Å². The van der Waals surface area contributed by atoms with E-state index in [2.05, 4.69) is 41.2 Å². The number of amides is 1. The standard InChI is InChI=1S/C17H18AsNO/c1-13-7-6-10-15(11-13)19-16(20)12-17(2,18)14-8-4-3-5-9-14/h3-11H,12H2,1-2H3,(H,19,20)/t17-/m1/s1. The average Bonchev–Trinajstić information content (AvgIpc) is 2.39. The van der Waals surface area contributed by atoms with Gasteiger partial charge in [-0.25, -0.2) is 0 Å². The molecule has 2 aromatic rings. The first-order valence-electron chi connectivity index (χ1n) is 6.62. The molecule has 1 N–H and O–H groups in total. The Hall–Kier alpha value is -1.53. The van der Waals surface area contributed by atoms with Gasteiger partial charge in [0.15, 0.2) is 0 Å². The molecule has 0 saturated heterocycles. The van der Waals surface area contributed by atoms with Crippen LogP contribution in [0.3, 0.4) is 0 Å². The van der Waals surface area contributed by atoms with Gasteiger partial charge in [-0.2, -0.15) is 0 Å². The molecule has 2 nitrogen and oxygen atoms in total. The van der Waals surface area contributed by atoms with Gasteiger partial charge in [0.25, 0.3) is 0 Å². The van der Waals surface area contributed by atoms with Gasteiger partial charge in [0.05, 0.1) is 0 Å². The third-order valence-electron chi connectivity index (χ3n) is 3.20. The molecule has 0 fully saturated rings. The number of aryl methyl sites for hydroxylation is 1. The Bertz CT molecular complexity index is 593. The van der Waals surface area contributed by atoms with E-state index in [1.54, 1.807) is 0 Å². The van der Waals surface area contributed by atoms with Gasteiger partial charge >= 0.3 is 129 Å². The fourth-order valence-corrected chi connectivity index (χ4v) is 2.75. The van der Waals surface area contributed by atoms with Crippen molar-refractivity contribution < 1.29 is 4.79 Å². The molecule has 0 spiro atoms. The maximum absolute atomic E-state index is 12.2. The predicted octanol–water partition coefficient (Wildman–Crippen LogP) is 3.41. The summed E-state index contributed by atoms with van der Waals surface area (Å²) in [6, 6.07) is 17.9. The molecule has 0 saturated carbocycles. The zero-order valence-corrected chi connectivity index (χ0v) is 13.6. The second kappa shape index (κ2) is 6.28. The monoisotopic (exact) mass is 327 g/mol. The van der Waals surface area contributed by atoms with Crippen molar-refractivity contribution in [3.8, 4) is 0 Å². The van der Waals surface area contributed by atoms with E-state index in [4.69, 9.17) is 0 Å². The quantitative estimate of drug-likeness (QED) is 0.857. The van der Waals surface area contributed by atoms with E-state index in [1.807, 2.05) is 49.4 Å². The molecule has 0 aliphatic carbocycles. The Morgan fingerprint density at radius 1 is 1.15 bits per heavy atom. The first-order chi connectivity index (χ1) is 9.47. The normalized spacial score (nSPS) is 13.6. The molecule has 102 valence electrons. The van der Waals surface area contributed by atoms with E-state index >= 15 is 0 Å². The summed E-state index contributed by atoms with van der Waals surface area (Å²) in [4.78, 5) is 12.2. The zero-order chi connectivity index (χ0) is 14.6. The molecule has 0 aliphatic rings. The minimum absolute atomic E-state index is 0.0302. The van der Waals surface area contributed by atoms with Crippen molar-refractivity contribution in [2.24, 2.45) is 0 Å². The van der Waals surface area contributed by atoms with Crippen LogP contribution in [0, 0.1) is 6.92 Å². The van der Waals surface area contributed by atoms with Crippen LogP contribution in [-0.4, -0.2) is 22.8 Å². The van der Waals surface area contributed by atoms with Crippen LogP contribution in [0.1, 0.15) is 24.5 Å². The van der Waals surface area contributed by atoms with Crippen LogP contribution in [0.4, 0.5) is 5.69 Å². The van der Waals surface area contributed by atoms with Crippen LogP contribution < -0.4 is 5.32 Å². The van der Waals surface area contributed by atoms with Gasteiger partial charge in [0.1, 0.15) is 0 Å². The molecule has 2 radical (unpaired) electrons. The second-order valence-electron chi connectivity index (χ2n) is 5.23. The van der Waals surface area contributed by atoms with Crippen LogP contribution in [0.25, 0.3) is 0 Å². The summed E-state index contributed by atoms with van der Waals surface area (Å²) in [5.74, 6) is 0.0302. The number of anilines is 1. The van der Waals surface area contributed by atoms with E-state index in [1.165, 1.54) is 0 Å². The van der Waals surface area contributed by atoms with Gasteiger partial charge in [-0.05, 0) is 0 Å². The van der Waals surface area contributed by atoms with Crippen molar-refractivity contribution in [2.45, 2.75) is 24.5 Å². The number of benzene rings is 2. The number of hydrogen-bond donors (Lipinski definition) is 1. The second-order valence-corrected chi connectivity index (χ2v) is 7.31. The van der Waals surface area contributed by atoms with Gasteiger partial charge < -0.3 is 0 Å². The van der Waals surface area contributed by atoms with Gasteiger partial charge in [-0.1, -0.05) is 0 Å². The summed E-state index contributed by atoms with van der Waals surface area (Å²) < 4.78 is -0.234. The summed E-state index contributed by atoms with van der Waals surface area (Å²) in [6.07, 6.45) is 0.435. The summed E-state index contributed by atoms with van der Waals surface area (Å²) >= 11 is 2.62. The third kappa shape index (κ3) is 3.98. The van der Waals surface area contributed by atoms with Gasteiger partial charge in [-0.15, -0.1) is 0 Å². The van der Waals surface area contributed by atoms with Crippen molar-refractivity contribution in [3.05, 3.63) is 65.7 Å². The molecule has 0 bridgehead atoms. The van der Waals surface area contributed by atoms with E-state index in [-0.39, 0.29) is 10.1 Å². The molecule has 20 heavy (non-hydrogen) atoms. The number of carbonyl (C=O) groups excluding carboxylic acids is 1. The molecular formula is C17H18AsNO. The molecule has 0 unspecified atom stereocenters. The van der Waals surface area contributed by atoms with Crippen LogP contribution in [0.5, 0.6) is 0 Å². The molecule has 0 aliphatic heterocycles. The van der Waals surface area contributed by atoms with Gasteiger partial charge in [-0.3, -0.25) is 0 Å². The molecule has 2 rings (SSSR count). The Kier molecular flexibility index (Phi) is 4.67. The SMILES string of the molecule is Cc1cccc(NC(=O)C[C@@](C)([As])c2ccccc2)c1. The van der Waals surface area contributed by atoms with Crippen molar-refractivity contribution in [2.75, 3.05) is 5.32 Å². The fourth-order valence-electron chi connectivity index (χ4n) is 2.14.